The van der Waals surface area contributed by atoms with Crippen LogP contribution in [0.4, 0.5) is 0 Å². The Balaban J connectivity index is 2.32. The van der Waals surface area contributed by atoms with Crippen LogP contribution in [0, 0.1) is 5.92 Å². The Morgan fingerprint density at radius 2 is 2.35 bits per heavy atom. The van der Waals surface area contributed by atoms with Crippen LogP contribution in [0.25, 0.3) is 0 Å². The Hall–Kier alpha value is -1.33. The maximum Gasteiger partial charge on any atom is 0.373 e. The highest BCUT2D eigenvalue weighted by Crippen LogP contribution is 2.09. The van der Waals surface area contributed by atoms with Crippen LogP contribution in [0.15, 0.2) is 16.5 Å². The molecule has 0 amide bonds. The molecule has 0 spiro atoms. The third-order valence-electron chi connectivity index (χ3n) is 2.46. The number of hydrogen-bond donors (Lipinski definition) is 2. The minimum absolute atomic E-state index is 0.204. The van der Waals surface area contributed by atoms with Gasteiger partial charge in [0.05, 0.1) is 13.7 Å². The van der Waals surface area contributed by atoms with Gasteiger partial charge in [0, 0.05) is 6.61 Å². The lowest BCUT2D eigenvalue weighted by Gasteiger charge is -2.09. The van der Waals surface area contributed by atoms with E-state index in [0.29, 0.717) is 18.2 Å². The van der Waals surface area contributed by atoms with E-state index in [9.17, 15) is 4.79 Å². The molecule has 0 bridgehead atoms. The minimum atomic E-state index is -0.468. The zero-order chi connectivity index (χ0) is 12.7. The van der Waals surface area contributed by atoms with E-state index in [1.165, 1.54) is 7.11 Å². The van der Waals surface area contributed by atoms with Crippen LogP contribution in [-0.2, 0) is 11.3 Å². The van der Waals surface area contributed by atoms with Gasteiger partial charge in [-0.25, -0.2) is 4.79 Å². The molecule has 0 fully saturated rings. The summed E-state index contributed by atoms with van der Waals surface area (Å²) in [5.41, 5.74) is 0. The summed E-state index contributed by atoms with van der Waals surface area (Å²) in [5.74, 6) is 0.856. The highest BCUT2D eigenvalue weighted by atomic mass is 16.5. The van der Waals surface area contributed by atoms with E-state index in [0.717, 1.165) is 13.0 Å². The molecule has 0 aliphatic rings. The second-order valence-corrected chi connectivity index (χ2v) is 4.01. The van der Waals surface area contributed by atoms with Crippen molar-refractivity contribution in [3.8, 4) is 0 Å². The average molecular weight is 241 g/mol. The van der Waals surface area contributed by atoms with Crippen molar-refractivity contribution >= 4 is 5.97 Å². The molecule has 1 atom stereocenters. The van der Waals surface area contributed by atoms with Crippen LogP contribution >= 0.6 is 0 Å². The Bertz CT molecular complexity index is 348. The smallest absolute Gasteiger partial charge is 0.373 e. The number of aliphatic hydroxyl groups excluding tert-OH is 1. The van der Waals surface area contributed by atoms with E-state index in [2.05, 4.69) is 17.0 Å². The van der Waals surface area contributed by atoms with E-state index < -0.39 is 5.97 Å². The fraction of sp³-hybridized carbons (Fsp3) is 0.583. The summed E-state index contributed by atoms with van der Waals surface area (Å²) in [6.07, 6.45) is 0.776. The first kappa shape index (κ1) is 13.7. The molecule has 1 heterocycles. The summed E-state index contributed by atoms with van der Waals surface area (Å²) in [6.45, 7) is 3.63. The second kappa shape index (κ2) is 7.09. The van der Waals surface area contributed by atoms with Crippen molar-refractivity contribution in [1.82, 2.24) is 5.32 Å². The zero-order valence-electron chi connectivity index (χ0n) is 10.2. The molecule has 5 nitrogen and oxygen atoms in total. The van der Waals surface area contributed by atoms with Crippen molar-refractivity contribution in [2.75, 3.05) is 20.3 Å². The fourth-order valence-corrected chi connectivity index (χ4v) is 1.45. The molecule has 1 aromatic rings. The predicted molar refractivity (Wildman–Crippen MR) is 62.6 cm³/mol. The summed E-state index contributed by atoms with van der Waals surface area (Å²) < 4.78 is 9.84. The Kier molecular flexibility index (Phi) is 5.72. The van der Waals surface area contributed by atoms with Gasteiger partial charge in [0.25, 0.3) is 0 Å². The molecule has 1 unspecified atom stereocenters. The number of nitrogens with one attached hydrogen (secondary N) is 1. The SMILES string of the molecule is COC(=O)c1ccc(CNCC(C)CCO)o1. The molecule has 5 heteroatoms. The van der Waals surface area contributed by atoms with Gasteiger partial charge in [-0.2, -0.15) is 0 Å². The molecule has 0 saturated carbocycles. The summed E-state index contributed by atoms with van der Waals surface area (Å²) in [6, 6.07) is 3.34. The van der Waals surface area contributed by atoms with E-state index in [-0.39, 0.29) is 12.4 Å². The molecule has 96 valence electrons. The number of furan rings is 1. The average Bonchev–Trinajstić information content (AvgIpc) is 2.77. The lowest BCUT2D eigenvalue weighted by molar-refractivity contribution is 0.0563. The highest BCUT2D eigenvalue weighted by molar-refractivity contribution is 5.86. The van der Waals surface area contributed by atoms with E-state index in [1.54, 1.807) is 12.1 Å². The molecule has 17 heavy (non-hydrogen) atoms. The molecule has 0 saturated heterocycles. The van der Waals surface area contributed by atoms with E-state index >= 15 is 0 Å². The van der Waals surface area contributed by atoms with Crippen LogP contribution in [0.1, 0.15) is 29.7 Å². The lowest BCUT2D eigenvalue weighted by atomic mass is 10.1. The number of ether oxygens (including phenoxy) is 1. The molecule has 1 aromatic heterocycles. The first-order valence-corrected chi connectivity index (χ1v) is 5.66. The number of aliphatic hydroxyl groups is 1. The number of rotatable bonds is 7. The first-order valence-electron chi connectivity index (χ1n) is 5.66. The number of esters is 1. The van der Waals surface area contributed by atoms with Gasteiger partial charge in [-0.3, -0.25) is 0 Å². The number of methoxy groups -OCH3 is 1. The number of hydrogen-bond acceptors (Lipinski definition) is 5. The molecule has 0 radical (unpaired) electrons. The number of carbonyl (C=O) groups is 1. The minimum Gasteiger partial charge on any atom is -0.463 e. The van der Waals surface area contributed by atoms with Gasteiger partial charge in [0.15, 0.2) is 0 Å². The fourth-order valence-electron chi connectivity index (χ4n) is 1.45. The summed E-state index contributed by atoms with van der Waals surface area (Å²) in [7, 11) is 1.32. The van der Waals surface area contributed by atoms with Gasteiger partial charge in [0.2, 0.25) is 5.76 Å². The van der Waals surface area contributed by atoms with Crippen LogP contribution < -0.4 is 5.32 Å². The van der Waals surface area contributed by atoms with Crippen LogP contribution in [0.3, 0.4) is 0 Å². The van der Waals surface area contributed by atoms with Crippen molar-refractivity contribution in [2.24, 2.45) is 5.92 Å². The van der Waals surface area contributed by atoms with Gasteiger partial charge < -0.3 is 19.6 Å². The van der Waals surface area contributed by atoms with Crippen molar-refractivity contribution in [2.45, 2.75) is 19.9 Å². The monoisotopic (exact) mass is 241 g/mol. The summed E-state index contributed by atoms with van der Waals surface area (Å²) in [5, 5.41) is 11.9. The van der Waals surface area contributed by atoms with Crippen molar-refractivity contribution in [3.63, 3.8) is 0 Å². The van der Waals surface area contributed by atoms with Crippen molar-refractivity contribution in [1.29, 1.82) is 0 Å². The molecule has 0 aliphatic heterocycles. The Morgan fingerprint density at radius 3 is 3.00 bits per heavy atom. The van der Waals surface area contributed by atoms with Crippen LogP contribution in [-0.4, -0.2) is 31.3 Å². The molecular formula is C12H19NO4. The maximum atomic E-state index is 11.1. The molecule has 0 aliphatic carbocycles. The topological polar surface area (TPSA) is 71.7 Å². The largest absolute Gasteiger partial charge is 0.463 e. The van der Waals surface area contributed by atoms with Crippen LogP contribution in [0.5, 0.6) is 0 Å². The Morgan fingerprint density at radius 1 is 1.59 bits per heavy atom. The predicted octanol–water partition coefficient (Wildman–Crippen LogP) is 1.17. The van der Waals surface area contributed by atoms with Gasteiger partial charge >= 0.3 is 5.97 Å². The molecule has 1 rings (SSSR count). The Labute approximate surface area is 101 Å². The lowest BCUT2D eigenvalue weighted by Crippen LogP contribution is -2.21. The molecular weight excluding hydrogens is 222 g/mol. The number of carbonyl (C=O) groups excluding carboxylic acids is 1. The molecule has 0 aromatic carbocycles. The quantitative estimate of drug-likeness (QED) is 0.701. The third-order valence-corrected chi connectivity index (χ3v) is 2.46. The van der Waals surface area contributed by atoms with Gasteiger partial charge in [-0.05, 0) is 31.0 Å². The van der Waals surface area contributed by atoms with Gasteiger partial charge in [-0.1, -0.05) is 6.92 Å². The van der Waals surface area contributed by atoms with Crippen molar-refractivity contribution in [3.05, 3.63) is 23.7 Å². The zero-order valence-corrected chi connectivity index (χ0v) is 10.2. The summed E-state index contributed by atoms with van der Waals surface area (Å²) >= 11 is 0. The highest BCUT2D eigenvalue weighted by Gasteiger charge is 2.10. The summed E-state index contributed by atoms with van der Waals surface area (Å²) in [4.78, 5) is 11.1. The maximum absolute atomic E-state index is 11.1. The van der Waals surface area contributed by atoms with E-state index in [1.807, 2.05) is 0 Å². The first-order chi connectivity index (χ1) is 8.17. The van der Waals surface area contributed by atoms with Gasteiger partial charge in [0.1, 0.15) is 5.76 Å². The standard InChI is InChI=1S/C12H19NO4/c1-9(5-6-14)7-13-8-10-3-4-11(17-10)12(15)16-2/h3-4,9,13-14H,5-8H2,1-2H3. The van der Waals surface area contributed by atoms with E-state index in [4.69, 9.17) is 9.52 Å². The van der Waals surface area contributed by atoms with Crippen molar-refractivity contribution < 1.29 is 19.1 Å². The normalized spacial score (nSPS) is 12.4. The van der Waals surface area contributed by atoms with Crippen LogP contribution in [0.2, 0.25) is 0 Å². The second-order valence-electron chi connectivity index (χ2n) is 4.01. The van der Waals surface area contributed by atoms with Gasteiger partial charge in [-0.15, -0.1) is 0 Å². The third kappa shape index (κ3) is 4.58. The molecule has 2 N–H and O–H groups in total.